The first kappa shape index (κ1) is 14.8. The summed E-state index contributed by atoms with van der Waals surface area (Å²) in [6.45, 7) is 10.1. The van der Waals surface area contributed by atoms with E-state index in [1.54, 1.807) is 7.11 Å². The lowest BCUT2D eigenvalue weighted by Gasteiger charge is -2.36. The Bertz CT molecular complexity index is 428. The van der Waals surface area contributed by atoms with Gasteiger partial charge in [-0.1, -0.05) is 29.8 Å². The number of halogens is 1. The van der Waals surface area contributed by atoms with Crippen LogP contribution < -0.4 is 10.1 Å². The highest BCUT2D eigenvalue weighted by Gasteiger charge is 2.28. The zero-order valence-corrected chi connectivity index (χ0v) is 13.6. The van der Waals surface area contributed by atoms with Crippen LogP contribution >= 0.6 is 15.9 Å². The van der Waals surface area contributed by atoms with Crippen LogP contribution in [0.25, 0.3) is 0 Å². The molecule has 4 heteroatoms. The van der Waals surface area contributed by atoms with E-state index in [9.17, 15) is 0 Å². The monoisotopic (exact) mass is 326 g/mol. The van der Waals surface area contributed by atoms with Crippen molar-refractivity contribution in [2.45, 2.75) is 19.3 Å². The van der Waals surface area contributed by atoms with Gasteiger partial charge in [0.15, 0.2) is 0 Å². The van der Waals surface area contributed by atoms with Gasteiger partial charge < -0.3 is 10.1 Å². The van der Waals surface area contributed by atoms with Crippen molar-refractivity contribution in [2.24, 2.45) is 0 Å². The minimum atomic E-state index is 0.0759. The number of hydrogen-bond donors (Lipinski definition) is 1. The van der Waals surface area contributed by atoms with Crippen molar-refractivity contribution in [3.63, 3.8) is 0 Å². The maximum atomic E-state index is 5.52. The van der Waals surface area contributed by atoms with Crippen LogP contribution in [0.3, 0.4) is 0 Å². The molecule has 106 valence electrons. The van der Waals surface area contributed by atoms with E-state index in [2.05, 4.69) is 46.1 Å². The number of nitrogens with one attached hydrogen (secondary N) is 1. The van der Waals surface area contributed by atoms with Gasteiger partial charge in [-0.25, -0.2) is 0 Å². The van der Waals surface area contributed by atoms with Crippen LogP contribution in [-0.2, 0) is 5.41 Å². The molecule has 0 atom stereocenters. The van der Waals surface area contributed by atoms with E-state index in [4.69, 9.17) is 4.74 Å². The lowest BCUT2D eigenvalue weighted by molar-refractivity contribution is 0.198. The summed E-state index contributed by atoms with van der Waals surface area (Å²) in [5, 5.41) is 3.40. The third-order valence-electron chi connectivity index (χ3n) is 3.72. The van der Waals surface area contributed by atoms with Crippen molar-refractivity contribution in [2.75, 3.05) is 39.8 Å². The zero-order chi connectivity index (χ0) is 13.9. The third-order valence-corrected chi connectivity index (χ3v) is 4.21. The Morgan fingerprint density at radius 1 is 1.32 bits per heavy atom. The van der Waals surface area contributed by atoms with E-state index in [1.165, 1.54) is 5.56 Å². The van der Waals surface area contributed by atoms with Crippen LogP contribution in [0.15, 0.2) is 22.7 Å². The molecule has 0 bridgehead atoms. The van der Waals surface area contributed by atoms with E-state index in [0.717, 1.165) is 42.9 Å². The SMILES string of the molecule is COc1ccc(Br)cc1C(C)(C)CN1CCNCC1. The quantitative estimate of drug-likeness (QED) is 0.920. The van der Waals surface area contributed by atoms with Gasteiger partial charge in [0.05, 0.1) is 7.11 Å². The van der Waals surface area contributed by atoms with Gasteiger partial charge in [-0.05, 0) is 18.2 Å². The molecule has 0 unspecified atom stereocenters. The van der Waals surface area contributed by atoms with Crippen molar-refractivity contribution < 1.29 is 4.74 Å². The van der Waals surface area contributed by atoms with Gasteiger partial charge >= 0.3 is 0 Å². The second-order valence-electron chi connectivity index (χ2n) is 5.75. The second-order valence-corrected chi connectivity index (χ2v) is 6.67. The summed E-state index contributed by atoms with van der Waals surface area (Å²) in [7, 11) is 1.74. The Hall–Kier alpha value is -0.580. The minimum absolute atomic E-state index is 0.0759. The van der Waals surface area contributed by atoms with Crippen LogP contribution in [0.1, 0.15) is 19.4 Å². The largest absolute Gasteiger partial charge is 0.496 e. The Balaban J connectivity index is 2.19. The van der Waals surface area contributed by atoms with Gasteiger partial charge in [-0.15, -0.1) is 0 Å². The number of hydrogen-bond acceptors (Lipinski definition) is 3. The summed E-state index contributed by atoms with van der Waals surface area (Å²) in [5.41, 5.74) is 1.34. The Labute approximate surface area is 124 Å². The highest BCUT2D eigenvalue weighted by molar-refractivity contribution is 9.10. The van der Waals surface area contributed by atoms with E-state index in [0.29, 0.717) is 0 Å². The molecule has 0 aliphatic carbocycles. The van der Waals surface area contributed by atoms with Gasteiger partial charge in [0, 0.05) is 48.2 Å². The minimum Gasteiger partial charge on any atom is -0.496 e. The van der Waals surface area contributed by atoms with E-state index in [1.807, 2.05) is 12.1 Å². The maximum Gasteiger partial charge on any atom is 0.122 e. The summed E-state index contributed by atoms with van der Waals surface area (Å²) < 4.78 is 6.63. The van der Waals surface area contributed by atoms with Gasteiger partial charge in [0.1, 0.15) is 5.75 Å². The lowest BCUT2D eigenvalue weighted by atomic mass is 9.83. The van der Waals surface area contributed by atoms with Crippen molar-refractivity contribution in [1.82, 2.24) is 10.2 Å². The summed E-state index contributed by atoms with van der Waals surface area (Å²) in [6, 6.07) is 6.25. The molecule has 1 heterocycles. The molecular weight excluding hydrogens is 304 g/mol. The van der Waals surface area contributed by atoms with Crippen molar-refractivity contribution in [3.8, 4) is 5.75 Å². The summed E-state index contributed by atoms with van der Waals surface area (Å²) >= 11 is 3.56. The molecule has 1 aliphatic rings. The average molecular weight is 327 g/mol. The van der Waals surface area contributed by atoms with E-state index >= 15 is 0 Å². The molecule has 1 aromatic carbocycles. The highest BCUT2D eigenvalue weighted by atomic mass is 79.9. The van der Waals surface area contributed by atoms with Crippen LogP contribution in [-0.4, -0.2) is 44.7 Å². The molecule has 2 rings (SSSR count). The first-order chi connectivity index (χ1) is 9.03. The van der Waals surface area contributed by atoms with Crippen molar-refractivity contribution in [1.29, 1.82) is 0 Å². The molecule has 0 radical (unpaired) electrons. The van der Waals surface area contributed by atoms with Crippen LogP contribution in [0.5, 0.6) is 5.75 Å². The summed E-state index contributed by atoms with van der Waals surface area (Å²) in [5.74, 6) is 0.975. The van der Waals surface area contributed by atoms with Gasteiger partial charge in [0.25, 0.3) is 0 Å². The molecule has 1 fully saturated rings. The molecule has 0 aromatic heterocycles. The predicted molar refractivity (Wildman–Crippen MR) is 83.0 cm³/mol. The van der Waals surface area contributed by atoms with Crippen molar-refractivity contribution in [3.05, 3.63) is 28.2 Å². The predicted octanol–water partition coefficient (Wildman–Crippen LogP) is 2.64. The number of benzene rings is 1. The topological polar surface area (TPSA) is 24.5 Å². The Morgan fingerprint density at radius 3 is 2.63 bits per heavy atom. The van der Waals surface area contributed by atoms with E-state index in [-0.39, 0.29) is 5.41 Å². The summed E-state index contributed by atoms with van der Waals surface area (Å²) in [6.07, 6.45) is 0. The molecule has 0 amide bonds. The average Bonchev–Trinajstić information content (AvgIpc) is 2.39. The molecule has 19 heavy (non-hydrogen) atoms. The second kappa shape index (κ2) is 6.25. The normalized spacial score (nSPS) is 17.5. The van der Waals surface area contributed by atoms with Crippen LogP contribution in [0.4, 0.5) is 0 Å². The number of ether oxygens (including phenoxy) is 1. The van der Waals surface area contributed by atoms with Crippen molar-refractivity contribution >= 4 is 15.9 Å². The Morgan fingerprint density at radius 2 is 2.00 bits per heavy atom. The Kier molecular flexibility index (Phi) is 4.87. The third kappa shape index (κ3) is 3.71. The van der Waals surface area contributed by atoms with Crippen LogP contribution in [0.2, 0.25) is 0 Å². The molecule has 1 saturated heterocycles. The van der Waals surface area contributed by atoms with E-state index < -0.39 is 0 Å². The number of nitrogens with zero attached hydrogens (tertiary/aromatic N) is 1. The molecule has 1 N–H and O–H groups in total. The smallest absolute Gasteiger partial charge is 0.122 e. The molecular formula is C15H23BrN2O. The first-order valence-corrected chi connectivity index (χ1v) is 7.59. The molecule has 3 nitrogen and oxygen atoms in total. The van der Waals surface area contributed by atoms with Gasteiger partial charge in [-0.3, -0.25) is 4.90 Å². The molecule has 1 aromatic rings. The fourth-order valence-electron chi connectivity index (χ4n) is 2.72. The lowest BCUT2D eigenvalue weighted by Crippen LogP contribution is -2.48. The number of piperazine rings is 1. The zero-order valence-electron chi connectivity index (χ0n) is 12.0. The molecule has 0 saturated carbocycles. The summed E-state index contributed by atoms with van der Waals surface area (Å²) in [4.78, 5) is 2.52. The molecule has 0 spiro atoms. The van der Waals surface area contributed by atoms with Gasteiger partial charge in [0.2, 0.25) is 0 Å². The van der Waals surface area contributed by atoms with Gasteiger partial charge in [-0.2, -0.15) is 0 Å². The molecule has 1 aliphatic heterocycles. The fourth-order valence-corrected chi connectivity index (χ4v) is 3.08. The maximum absolute atomic E-state index is 5.52. The number of rotatable bonds is 4. The standard InChI is InChI=1S/C15H23BrN2O/c1-15(2,11-18-8-6-17-7-9-18)13-10-12(16)4-5-14(13)19-3/h4-5,10,17H,6-9,11H2,1-3H3. The van der Waals surface area contributed by atoms with Crippen LogP contribution in [0, 0.1) is 0 Å². The first-order valence-electron chi connectivity index (χ1n) is 6.80. The highest BCUT2D eigenvalue weighted by Crippen LogP contribution is 2.34. The fraction of sp³-hybridized carbons (Fsp3) is 0.600. The number of methoxy groups -OCH3 is 1.